The van der Waals surface area contributed by atoms with Crippen LogP contribution in [0.3, 0.4) is 0 Å². The molecule has 0 bridgehead atoms. The van der Waals surface area contributed by atoms with Crippen molar-refractivity contribution in [2.45, 2.75) is 38.8 Å². The minimum absolute atomic E-state index is 0.261. The number of nitrogens with two attached hydrogens (primary N) is 1. The third kappa shape index (κ3) is 4.79. The Kier molecular flexibility index (Phi) is 7.05. The zero-order chi connectivity index (χ0) is 26.0. The summed E-state index contributed by atoms with van der Waals surface area (Å²) in [6.45, 7) is 3.76. The average Bonchev–Trinajstić information content (AvgIpc) is 3.28. The molecule has 1 aliphatic heterocycles. The Labute approximate surface area is 210 Å². The molecule has 10 heteroatoms. The molecule has 4 amide bonds. The highest BCUT2D eigenvalue weighted by Gasteiger charge is 2.55. The largest absolute Gasteiger partial charge is 0.384 e. The lowest BCUT2D eigenvalue weighted by molar-refractivity contribution is -0.156. The summed E-state index contributed by atoms with van der Waals surface area (Å²) in [5.41, 5.74) is 8.32. The van der Waals surface area contributed by atoms with Crippen molar-refractivity contribution in [2.75, 3.05) is 17.7 Å². The molecule has 10 nitrogen and oxygen atoms in total. The number of carbonyl (C=O) groups is 3. The normalized spacial score (nSPS) is 17.9. The standard InChI is InChI=1S/C26H31N7O3/c1-5-20(18-9-7-6-8-10-18)30-26(36)33-22(24(35)32(4)25-28-11-12-31(25)3)19(23(33)34)14-17-13-16(2)29-21(27)15-17/h6-13,15,19-20,22H,5,14H2,1-4H3,(H2,27,29)(H,30,36)/t19?,20-,22+/m1/s1. The van der Waals surface area contributed by atoms with Gasteiger partial charge in [-0.2, -0.15) is 0 Å². The fourth-order valence-electron chi connectivity index (χ4n) is 4.70. The van der Waals surface area contributed by atoms with E-state index in [9.17, 15) is 14.4 Å². The van der Waals surface area contributed by atoms with E-state index in [1.165, 1.54) is 4.90 Å². The highest BCUT2D eigenvalue weighted by atomic mass is 16.2. The van der Waals surface area contributed by atoms with Gasteiger partial charge in [-0.15, -0.1) is 0 Å². The number of urea groups is 1. The lowest BCUT2D eigenvalue weighted by Crippen LogP contribution is -2.70. The Morgan fingerprint density at radius 3 is 2.56 bits per heavy atom. The van der Waals surface area contributed by atoms with Crippen molar-refractivity contribution < 1.29 is 14.4 Å². The van der Waals surface area contributed by atoms with Crippen molar-refractivity contribution in [3.05, 3.63) is 71.7 Å². The number of carbonyl (C=O) groups excluding carboxylic acids is 3. The molecule has 0 spiro atoms. The quantitative estimate of drug-likeness (QED) is 0.491. The van der Waals surface area contributed by atoms with Crippen LogP contribution in [-0.4, -0.2) is 50.4 Å². The maximum atomic E-state index is 13.7. The molecule has 0 radical (unpaired) electrons. The van der Waals surface area contributed by atoms with Crippen LogP contribution in [0.1, 0.15) is 36.2 Å². The van der Waals surface area contributed by atoms with Gasteiger partial charge in [-0.3, -0.25) is 19.4 Å². The van der Waals surface area contributed by atoms with Gasteiger partial charge in [0.1, 0.15) is 11.9 Å². The summed E-state index contributed by atoms with van der Waals surface area (Å²) in [6, 6.07) is 11.2. The van der Waals surface area contributed by atoms with E-state index in [0.29, 0.717) is 23.9 Å². The molecule has 188 valence electrons. The lowest BCUT2D eigenvalue weighted by Gasteiger charge is -2.45. The van der Waals surface area contributed by atoms with Crippen molar-refractivity contribution >= 4 is 29.6 Å². The van der Waals surface area contributed by atoms with Crippen molar-refractivity contribution in [2.24, 2.45) is 13.0 Å². The third-order valence-electron chi connectivity index (χ3n) is 6.51. The van der Waals surface area contributed by atoms with Gasteiger partial charge in [0.15, 0.2) is 0 Å². The topological polar surface area (TPSA) is 126 Å². The van der Waals surface area contributed by atoms with Crippen LogP contribution in [0.25, 0.3) is 0 Å². The molecule has 3 heterocycles. The van der Waals surface area contributed by atoms with Crippen molar-refractivity contribution in [1.29, 1.82) is 0 Å². The number of aromatic nitrogens is 3. The SMILES string of the molecule is CC[C@@H](NC(=O)N1C(=O)C(Cc2cc(C)nc(N)c2)[C@H]1C(=O)N(C)c1nccn1C)c1ccccc1. The Bertz CT molecular complexity index is 1250. The minimum Gasteiger partial charge on any atom is -0.384 e. The van der Waals surface area contributed by atoms with Crippen LogP contribution in [-0.2, 0) is 23.1 Å². The lowest BCUT2D eigenvalue weighted by atomic mass is 9.81. The number of hydrogen-bond acceptors (Lipinski definition) is 6. The van der Waals surface area contributed by atoms with Crippen molar-refractivity contribution in [3.63, 3.8) is 0 Å². The minimum atomic E-state index is -0.984. The van der Waals surface area contributed by atoms with E-state index in [2.05, 4.69) is 15.3 Å². The Hall–Kier alpha value is -4.21. The number of likely N-dealkylation sites (N-methyl/N-ethyl adjacent to an activating group) is 1. The summed E-state index contributed by atoms with van der Waals surface area (Å²) < 4.78 is 1.70. The van der Waals surface area contributed by atoms with Crippen LogP contribution in [0.5, 0.6) is 0 Å². The number of β-lactam (4-membered cyclic amide) rings is 1. The van der Waals surface area contributed by atoms with Gasteiger partial charge in [-0.1, -0.05) is 37.3 Å². The molecule has 3 aromatic rings. The molecule has 36 heavy (non-hydrogen) atoms. The number of nitrogen functional groups attached to an aromatic ring is 1. The second kappa shape index (κ2) is 10.2. The summed E-state index contributed by atoms with van der Waals surface area (Å²) in [5.74, 6) is -0.763. The first kappa shape index (κ1) is 24.9. The molecule has 1 unspecified atom stereocenters. The average molecular weight is 490 g/mol. The third-order valence-corrected chi connectivity index (χ3v) is 6.51. The first-order valence-electron chi connectivity index (χ1n) is 11.9. The Morgan fingerprint density at radius 1 is 1.22 bits per heavy atom. The summed E-state index contributed by atoms with van der Waals surface area (Å²) >= 11 is 0. The van der Waals surface area contributed by atoms with Gasteiger partial charge < -0.3 is 15.6 Å². The smallest absolute Gasteiger partial charge is 0.325 e. The summed E-state index contributed by atoms with van der Waals surface area (Å²) in [7, 11) is 3.36. The van der Waals surface area contributed by atoms with Crippen LogP contribution < -0.4 is 16.0 Å². The number of imidazole rings is 1. The van der Waals surface area contributed by atoms with Gasteiger partial charge >= 0.3 is 6.03 Å². The maximum Gasteiger partial charge on any atom is 0.325 e. The van der Waals surface area contributed by atoms with Crippen LogP contribution in [0.2, 0.25) is 0 Å². The molecule has 0 saturated carbocycles. The number of pyridine rings is 1. The van der Waals surface area contributed by atoms with Gasteiger partial charge in [0.2, 0.25) is 11.9 Å². The molecule has 1 fully saturated rings. The monoisotopic (exact) mass is 489 g/mol. The van der Waals surface area contributed by atoms with Gasteiger partial charge in [0.05, 0.1) is 12.0 Å². The maximum absolute atomic E-state index is 13.7. The molecule has 1 saturated heterocycles. The summed E-state index contributed by atoms with van der Waals surface area (Å²) in [4.78, 5) is 51.1. The number of amides is 4. The Balaban J connectivity index is 1.62. The molecule has 1 aliphatic rings. The van der Waals surface area contributed by atoms with E-state index in [0.717, 1.165) is 16.0 Å². The van der Waals surface area contributed by atoms with Crippen molar-refractivity contribution in [1.82, 2.24) is 24.8 Å². The molecule has 1 aromatic carbocycles. The number of imide groups is 1. The number of anilines is 2. The van der Waals surface area contributed by atoms with Crippen LogP contribution in [0.4, 0.5) is 16.6 Å². The van der Waals surface area contributed by atoms with E-state index < -0.39 is 29.8 Å². The number of benzene rings is 1. The first-order valence-corrected chi connectivity index (χ1v) is 11.9. The number of likely N-dealkylation sites (tertiary alicyclic amines) is 1. The number of rotatable bonds is 7. The number of aryl methyl sites for hydroxylation is 2. The second-order valence-electron chi connectivity index (χ2n) is 9.06. The molecule has 2 aromatic heterocycles. The predicted molar refractivity (Wildman–Crippen MR) is 136 cm³/mol. The van der Waals surface area contributed by atoms with Gasteiger partial charge in [0.25, 0.3) is 5.91 Å². The molecule has 3 atom stereocenters. The van der Waals surface area contributed by atoms with E-state index in [1.54, 1.807) is 37.1 Å². The highest BCUT2D eigenvalue weighted by Crippen LogP contribution is 2.33. The first-order chi connectivity index (χ1) is 17.2. The number of nitrogens with one attached hydrogen (secondary N) is 1. The van der Waals surface area contributed by atoms with E-state index in [1.807, 2.05) is 50.2 Å². The Morgan fingerprint density at radius 2 is 1.94 bits per heavy atom. The fraction of sp³-hybridized carbons (Fsp3) is 0.346. The highest BCUT2D eigenvalue weighted by molar-refractivity contribution is 6.12. The zero-order valence-electron chi connectivity index (χ0n) is 20.9. The zero-order valence-corrected chi connectivity index (χ0v) is 20.9. The number of nitrogens with zero attached hydrogens (tertiary/aromatic N) is 5. The second-order valence-corrected chi connectivity index (χ2v) is 9.06. The van der Waals surface area contributed by atoms with Crippen LogP contribution >= 0.6 is 0 Å². The van der Waals surface area contributed by atoms with Gasteiger partial charge in [-0.25, -0.2) is 14.8 Å². The molecular weight excluding hydrogens is 458 g/mol. The molecule has 0 aliphatic carbocycles. The van der Waals surface area contributed by atoms with E-state index in [4.69, 9.17) is 5.73 Å². The van der Waals surface area contributed by atoms with Gasteiger partial charge in [-0.05, 0) is 43.0 Å². The predicted octanol–water partition coefficient (Wildman–Crippen LogP) is 2.60. The molecular formula is C26H31N7O3. The van der Waals surface area contributed by atoms with E-state index in [-0.39, 0.29) is 12.5 Å². The van der Waals surface area contributed by atoms with E-state index >= 15 is 0 Å². The van der Waals surface area contributed by atoms with Crippen LogP contribution in [0.15, 0.2) is 54.9 Å². The van der Waals surface area contributed by atoms with Crippen LogP contribution in [0, 0.1) is 12.8 Å². The summed E-state index contributed by atoms with van der Waals surface area (Å²) in [6.07, 6.45) is 4.20. The van der Waals surface area contributed by atoms with Crippen molar-refractivity contribution in [3.8, 4) is 0 Å². The molecule has 3 N–H and O–H groups in total. The fourth-order valence-corrected chi connectivity index (χ4v) is 4.70. The summed E-state index contributed by atoms with van der Waals surface area (Å²) in [5, 5.41) is 2.93. The van der Waals surface area contributed by atoms with Gasteiger partial charge in [0, 0.05) is 32.2 Å². The number of hydrogen-bond donors (Lipinski definition) is 2. The molecule has 4 rings (SSSR count).